The lowest BCUT2D eigenvalue weighted by molar-refractivity contribution is -0.127. The average Bonchev–Trinajstić information content (AvgIpc) is 2.46. The maximum absolute atomic E-state index is 11.6. The SMILES string of the molecule is CCCCOCCCC(=O)CC(=O)CCCOCCCC. The fourth-order valence-corrected chi connectivity index (χ4v) is 1.84. The van der Waals surface area contributed by atoms with E-state index in [0.717, 1.165) is 51.7 Å². The molecule has 4 heteroatoms. The molecule has 0 heterocycles. The molecule has 0 amide bonds. The molecular formula is C17H32O4. The summed E-state index contributed by atoms with van der Waals surface area (Å²) in [6.45, 7) is 7.00. The molecule has 0 saturated carbocycles. The second kappa shape index (κ2) is 15.6. The summed E-state index contributed by atoms with van der Waals surface area (Å²) in [6, 6.07) is 0. The summed E-state index contributed by atoms with van der Waals surface area (Å²) >= 11 is 0. The lowest BCUT2D eigenvalue weighted by Crippen LogP contribution is -2.10. The highest BCUT2D eigenvalue weighted by Gasteiger charge is 2.09. The third-order valence-corrected chi connectivity index (χ3v) is 3.17. The molecule has 0 aromatic rings. The van der Waals surface area contributed by atoms with Gasteiger partial charge in [0.25, 0.3) is 0 Å². The van der Waals surface area contributed by atoms with Crippen LogP contribution in [0, 0.1) is 0 Å². The van der Waals surface area contributed by atoms with E-state index >= 15 is 0 Å². The Balaban J connectivity index is 3.38. The summed E-state index contributed by atoms with van der Waals surface area (Å²) in [7, 11) is 0. The van der Waals surface area contributed by atoms with Gasteiger partial charge in [-0.05, 0) is 25.7 Å². The minimum absolute atomic E-state index is 0.0333. The van der Waals surface area contributed by atoms with Crippen LogP contribution in [0.5, 0.6) is 0 Å². The van der Waals surface area contributed by atoms with Gasteiger partial charge in [0, 0.05) is 39.3 Å². The summed E-state index contributed by atoms with van der Waals surface area (Å²) in [5.41, 5.74) is 0. The van der Waals surface area contributed by atoms with Gasteiger partial charge in [0.2, 0.25) is 0 Å². The second-order valence-electron chi connectivity index (χ2n) is 5.39. The first-order valence-electron chi connectivity index (χ1n) is 8.39. The van der Waals surface area contributed by atoms with Crippen LogP contribution in [0.3, 0.4) is 0 Å². The standard InChI is InChI=1S/C17H32O4/c1-3-5-11-20-13-7-9-16(18)15-17(19)10-8-14-21-12-6-4-2/h3-15H2,1-2H3. The molecule has 21 heavy (non-hydrogen) atoms. The largest absolute Gasteiger partial charge is 0.381 e. The predicted molar refractivity (Wildman–Crippen MR) is 84.6 cm³/mol. The summed E-state index contributed by atoms with van der Waals surface area (Å²) in [6.07, 6.45) is 6.77. The van der Waals surface area contributed by atoms with Crippen molar-refractivity contribution in [3.8, 4) is 0 Å². The zero-order valence-corrected chi connectivity index (χ0v) is 13.8. The molecule has 0 fully saturated rings. The molecule has 0 aromatic heterocycles. The molecule has 124 valence electrons. The number of ketones is 2. The van der Waals surface area contributed by atoms with E-state index in [1.54, 1.807) is 0 Å². The van der Waals surface area contributed by atoms with Gasteiger partial charge in [-0.3, -0.25) is 9.59 Å². The van der Waals surface area contributed by atoms with Crippen LogP contribution in [0.25, 0.3) is 0 Å². The monoisotopic (exact) mass is 300 g/mol. The van der Waals surface area contributed by atoms with Crippen molar-refractivity contribution in [3.05, 3.63) is 0 Å². The van der Waals surface area contributed by atoms with Crippen molar-refractivity contribution in [2.45, 2.75) is 71.6 Å². The maximum Gasteiger partial charge on any atom is 0.140 e. The highest BCUT2D eigenvalue weighted by Crippen LogP contribution is 2.02. The molecule has 0 atom stereocenters. The van der Waals surface area contributed by atoms with Gasteiger partial charge in [0.05, 0.1) is 6.42 Å². The first-order chi connectivity index (χ1) is 10.2. The highest BCUT2D eigenvalue weighted by molar-refractivity contribution is 5.98. The molecule has 4 nitrogen and oxygen atoms in total. The molecule has 0 bridgehead atoms. The number of unbranched alkanes of at least 4 members (excludes halogenated alkanes) is 2. The maximum atomic E-state index is 11.6. The molecule has 0 unspecified atom stereocenters. The lowest BCUT2D eigenvalue weighted by atomic mass is 10.1. The topological polar surface area (TPSA) is 52.6 Å². The number of hydrogen-bond acceptors (Lipinski definition) is 4. The Hall–Kier alpha value is -0.740. The Labute approximate surface area is 129 Å². The third-order valence-electron chi connectivity index (χ3n) is 3.17. The van der Waals surface area contributed by atoms with Crippen LogP contribution in [-0.4, -0.2) is 38.0 Å². The number of rotatable bonds is 16. The van der Waals surface area contributed by atoms with Crippen molar-refractivity contribution < 1.29 is 19.1 Å². The van der Waals surface area contributed by atoms with Crippen LogP contribution in [0.15, 0.2) is 0 Å². The van der Waals surface area contributed by atoms with E-state index in [9.17, 15) is 9.59 Å². The Kier molecular flexibility index (Phi) is 15.1. The summed E-state index contributed by atoms with van der Waals surface area (Å²) < 4.78 is 10.8. The quantitative estimate of drug-likeness (QED) is 0.322. The number of carbonyl (C=O) groups is 2. The van der Waals surface area contributed by atoms with Crippen molar-refractivity contribution in [3.63, 3.8) is 0 Å². The van der Waals surface area contributed by atoms with Crippen LogP contribution in [0.4, 0.5) is 0 Å². The zero-order valence-electron chi connectivity index (χ0n) is 13.8. The van der Waals surface area contributed by atoms with Gasteiger partial charge in [-0.25, -0.2) is 0 Å². The van der Waals surface area contributed by atoms with Gasteiger partial charge in [-0.15, -0.1) is 0 Å². The summed E-state index contributed by atoms with van der Waals surface area (Å²) in [5, 5.41) is 0. The second-order valence-corrected chi connectivity index (χ2v) is 5.39. The number of carbonyl (C=O) groups excluding carboxylic acids is 2. The molecule has 0 radical (unpaired) electrons. The van der Waals surface area contributed by atoms with Gasteiger partial charge >= 0.3 is 0 Å². The molecular weight excluding hydrogens is 268 g/mol. The van der Waals surface area contributed by atoms with E-state index in [-0.39, 0.29) is 18.0 Å². The number of hydrogen-bond donors (Lipinski definition) is 0. The highest BCUT2D eigenvalue weighted by atomic mass is 16.5. The minimum atomic E-state index is 0.0333. The van der Waals surface area contributed by atoms with Crippen LogP contribution in [0.2, 0.25) is 0 Å². The van der Waals surface area contributed by atoms with Gasteiger partial charge in [-0.2, -0.15) is 0 Å². The molecule has 0 spiro atoms. The van der Waals surface area contributed by atoms with Crippen LogP contribution in [0.1, 0.15) is 71.6 Å². The van der Waals surface area contributed by atoms with E-state index in [0.29, 0.717) is 26.1 Å². The molecule has 0 rings (SSSR count). The Morgan fingerprint density at radius 3 is 1.43 bits per heavy atom. The molecule has 0 aromatic carbocycles. The van der Waals surface area contributed by atoms with Gasteiger partial charge in [-0.1, -0.05) is 26.7 Å². The number of Topliss-reactive ketones (excluding diaryl/α,β-unsaturated/α-hetero) is 2. The summed E-state index contributed by atoms with van der Waals surface area (Å²) in [4.78, 5) is 23.2. The van der Waals surface area contributed by atoms with Crippen molar-refractivity contribution in [1.82, 2.24) is 0 Å². The van der Waals surface area contributed by atoms with Crippen molar-refractivity contribution >= 4 is 11.6 Å². The lowest BCUT2D eigenvalue weighted by Gasteiger charge is -2.04. The number of ether oxygens (including phenoxy) is 2. The summed E-state index contributed by atoms with van der Waals surface area (Å²) in [5.74, 6) is 0.0667. The Morgan fingerprint density at radius 2 is 1.05 bits per heavy atom. The van der Waals surface area contributed by atoms with Crippen molar-refractivity contribution in [2.24, 2.45) is 0 Å². The normalized spacial score (nSPS) is 10.8. The van der Waals surface area contributed by atoms with E-state index in [4.69, 9.17) is 9.47 Å². The fraction of sp³-hybridized carbons (Fsp3) is 0.882. The third kappa shape index (κ3) is 15.5. The molecule has 0 N–H and O–H groups in total. The van der Waals surface area contributed by atoms with E-state index in [1.165, 1.54) is 0 Å². The van der Waals surface area contributed by atoms with Crippen LogP contribution < -0.4 is 0 Å². The first kappa shape index (κ1) is 20.3. The molecule has 0 saturated heterocycles. The molecule has 0 aliphatic carbocycles. The van der Waals surface area contributed by atoms with Crippen LogP contribution in [-0.2, 0) is 19.1 Å². The Morgan fingerprint density at radius 1 is 0.667 bits per heavy atom. The van der Waals surface area contributed by atoms with Crippen molar-refractivity contribution in [2.75, 3.05) is 26.4 Å². The average molecular weight is 300 g/mol. The van der Waals surface area contributed by atoms with Gasteiger partial charge in [0.15, 0.2) is 0 Å². The van der Waals surface area contributed by atoms with Crippen molar-refractivity contribution in [1.29, 1.82) is 0 Å². The fourth-order valence-electron chi connectivity index (χ4n) is 1.84. The Bertz CT molecular complexity index is 238. The smallest absolute Gasteiger partial charge is 0.140 e. The van der Waals surface area contributed by atoms with Gasteiger partial charge < -0.3 is 9.47 Å². The minimum Gasteiger partial charge on any atom is -0.381 e. The van der Waals surface area contributed by atoms with E-state index in [2.05, 4.69) is 13.8 Å². The zero-order chi connectivity index (χ0) is 15.8. The predicted octanol–water partition coefficient (Wildman–Crippen LogP) is 3.71. The van der Waals surface area contributed by atoms with E-state index in [1.807, 2.05) is 0 Å². The van der Waals surface area contributed by atoms with E-state index < -0.39 is 0 Å². The van der Waals surface area contributed by atoms with Gasteiger partial charge in [0.1, 0.15) is 11.6 Å². The first-order valence-corrected chi connectivity index (χ1v) is 8.39. The molecule has 0 aliphatic heterocycles. The van der Waals surface area contributed by atoms with Crippen LogP contribution >= 0.6 is 0 Å². The molecule has 0 aliphatic rings.